The van der Waals surface area contributed by atoms with Gasteiger partial charge in [-0.05, 0) is 6.08 Å². The summed E-state index contributed by atoms with van der Waals surface area (Å²) >= 11 is 1.45. The number of aliphatic imine (C=N–C) groups is 2. The van der Waals surface area contributed by atoms with Gasteiger partial charge in [0.1, 0.15) is 6.04 Å². The van der Waals surface area contributed by atoms with E-state index < -0.39 is 12.6 Å². The minimum Gasteiger partial charge on any atom is -0.398 e. The van der Waals surface area contributed by atoms with Crippen molar-refractivity contribution in [2.45, 2.75) is 19.0 Å². The van der Waals surface area contributed by atoms with E-state index in [1.807, 2.05) is 10.3 Å². The van der Waals surface area contributed by atoms with Gasteiger partial charge in [-0.1, -0.05) is 5.18 Å². The first-order valence-electron chi connectivity index (χ1n) is 7.14. The molecule has 0 spiro atoms. The van der Waals surface area contributed by atoms with E-state index >= 15 is 0 Å². The second-order valence-electron chi connectivity index (χ2n) is 5.17. The normalized spacial score (nSPS) is 21.6. The Morgan fingerprint density at radius 3 is 3.04 bits per heavy atom. The zero-order valence-electron chi connectivity index (χ0n) is 12.5. The van der Waals surface area contributed by atoms with E-state index in [4.69, 9.17) is 5.73 Å². The molecule has 3 heterocycles. The van der Waals surface area contributed by atoms with E-state index in [9.17, 15) is 13.7 Å². The van der Waals surface area contributed by atoms with Crippen LogP contribution in [0.5, 0.6) is 0 Å². The summed E-state index contributed by atoms with van der Waals surface area (Å²) in [4.78, 5) is 24.6. The molecule has 2 aliphatic heterocycles. The number of nitrogens with two attached hydrogens (primary N) is 1. The van der Waals surface area contributed by atoms with Gasteiger partial charge in [-0.25, -0.2) is 9.98 Å². The van der Waals surface area contributed by atoms with E-state index in [-0.39, 0.29) is 6.54 Å². The van der Waals surface area contributed by atoms with Crippen LogP contribution in [0.1, 0.15) is 11.4 Å². The molecule has 0 saturated carbocycles. The Labute approximate surface area is 140 Å². The van der Waals surface area contributed by atoms with E-state index in [1.165, 1.54) is 17.4 Å². The number of hydrogen-bond acceptors (Lipinski definition) is 8. The Bertz CT molecular complexity index is 740. The van der Waals surface area contributed by atoms with Gasteiger partial charge in [-0.2, -0.15) is 13.7 Å². The maximum Gasteiger partial charge on any atom is 0.331 e. The first-order valence-corrected chi connectivity index (χ1v) is 8.02. The predicted molar refractivity (Wildman–Crippen MR) is 88.2 cm³/mol. The third-order valence-electron chi connectivity index (χ3n) is 3.71. The van der Waals surface area contributed by atoms with Crippen LogP contribution in [0.3, 0.4) is 0 Å². The van der Waals surface area contributed by atoms with Gasteiger partial charge in [0, 0.05) is 41.2 Å². The molecule has 24 heavy (non-hydrogen) atoms. The van der Waals surface area contributed by atoms with Crippen molar-refractivity contribution in [1.29, 1.82) is 0 Å². The van der Waals surface area contributed by atoms with Crippen LogP contribution in [0.15, 0.2) is 49.8 Å². The first-order chi connectivity index (χ1) is 11.6. The van der Waals surface area contributed by atoms with Crippen LogP contribution in [0.25, 0.3) is 0 Å². The van der Waals surface area contributed by atoms with Crippen molar-refractivity contribution < 1.29 is 8.78 Å². The Hall–Kier alpha value is -2.49. The van der Waals surface area contributed by atoms with Gasteiger partial charge in [-0.3, -0.25) is 4.99 Å². The molecule has 0 aromatic carbocycles. The van der Waals surface area contributed by atoms with Gasteiger partial charge in [0.15, 0.2) is 10.8 Å². The lowest BCUT2D eigenvalue weighted by atomic mass is 10.1. The van der Waals surface area contributed by atoms with Crippen molar-refractivity contribution in [2.75, 3.05) is 13.1 Å². The number of aromatic nitrogens is 1. The van der Waals surface area contributed by atoms with Gasteiger partial charge in [0.05, 0.1) is 13.1 Å². The maximum absolute atomic E-state index is 12.1. The summed E-state index contributed by atoms with van der Waals surface area (Å²) in [6.45, 7) is -2.09. The number of rotatable bonds is 5. The number of amidine groups is 1. The zero-order valence-corrected chi connectivity index (χ0v) is 13.3. The highest BCUT2D eigenvalue weighted by atomic mass is 32.1. The fourth-order valence-electron chi connectivity index (χ4n) is 2.68. The molecule has 2 N–H and O–H groups in total. The smallest absolute Gasteiger partial charge is 0.331 e. The third kappa shape index (κ3) is 3.23. The minimum absolute atomic E-state index is 0.289. The number of fused-ring (bicyclic) bond motifs is 1. The van der Waals surface area contributed by atoms with E-state index in [0.29, 0.717) is 30.1 Å². The Kier molecular flexibility index (Phi) is 4.74. The molecular formula is C14H14F2N6OS. The molecule has 7 nitrogen and oxygen atoms in total. The Morgan fingerprint density at radius 2 is 2.38 bits per heavy atom. The number of hydrogen-bond donors (Lipinski definition) is 1. The van der Waals surface area contributed by atoms with Gasteiger partial charge >= 0.3 is 6.55 Å². The van der Waals surface area contributed by atoms with Crippen LogP contribution in [0.2, 0.25) is 0 Å². The lowest BCUT2D eigenvalue weighted by molar-refractivity contribution is 0.161. The fourth-order valence-corrected chi connectivity index (χ4v) is 3.34. The summed E-state index contributed by atoms with van der Waals surface area (Å²) < 4.78 is 24.2. The molecule has 1 fully saturated rings. The largest absolute Gasteiger partial charge is 0.398 e. The molecule has 0 bridgehead atoms. The number of allylic oxidation sites excluding steroid dienone is 1. The van der Waals surface area contributed by atoms with Gasteiger partial charge in [0.25, 0.3) is 0 Å². The molecule has 10 heteroatoms. The highest BCUT2D eigenvalue weighted by Crippen LogP contribution is 2.33. The summed E-state index contributed by atoms with van der Waals surface area (Å²) in [5.41, 5.74) is 7.82. The monoisotopic (exact) mass is 352 g/mol. The molecule has 0 aliphatic carbocycles. The molecule has 0 radical (unpaired) electrons. The van der Waals surface area contributed by atoms with Gasteiger partial charge < -0.3 is 10.6 Å². The highest BCUT2D eigenvalue weighted by molar-refractivity contribution is 7.11. The van der Waals surface area contributed by atoms with Crippen LogP contribution in [-0.2, 0) is 0 Å². The molecule has 1 atom stereocenters. The fraction of sp³-hybridized carbons (Fsp3) is 0.357. The van der Waals surface area contributed by atoms with Crippen molar-refractivity contribution in [2.24, 2.45) is 20.9 Å². The number of nitrogens with zero attached hydrogens (tertiary/aromatic N) is 5. The van der Waals surface area contributed by atoms with Crippen molar-refractivity contribution in [3.63, 3.8) is 0 Å². The zero-order chi connectivity index (χ0) is 17.1. The molecular weight excluding hydrogens is 338 g/mol. The van der Waals surface area contributed by atoms with Crippen molar-refractivity contribution in [3.8, 4) is 0 Å². The van der Waals surface area contributed by atoms with E-state index in [0.717, 1.165) is 16.9 Å². The summed E-state index contributed by atoms with van der Waals surface area (Å²) in [5, 5.41) is 5.72. The van der Waals surface area contributed by atoms with Crippen molar-refractivity contribution in [1.82, 2.24) is 9.88 Å². The summed E-state index contributed by atoms with van der Waals surface area (Å²) in [6.07, 6.45) is 4.41. The van der Waals surface area contributed by atoms with Crippen LogP contribution < -0.4 is 5.73 Å². The lowest BCUT2D eigenvalue weighted by Crippen LogP contribution is -2.33. The molecule has 1 aromatic rings. The third-order valence-corrected chi connectivity index (χ3v) is 4.48. The summed E-state index contributed by atoms with van der Waals surface area (Å²) in [5.74, 6) is 0.684. The quantitative estimate of drug-likeness (QED) is 0.499. The van der Waals surface area contributed by atoms with E-state index in [1.54, 1.807) is 6.20 Å². The van der Waals surface area contributed by atoms with Crippen LogP contribution >= 0.6 is 11.3 Å². The predicted octanol–water partition coefficient (Wildman–Crippen LogP) is 2.13. The Morgan fingerprint density at radius 1 is 1.54 bits per heavy atom. The summed E-state index contributed by atoms with van der Waals surface area (Å²) in [6, 6.07) is -0.402. The topological polar surface area (TPSA) is 96.3 Å². The average molecular weight is 352 g/mol. The maximum atomic E-state index is 12.1. The summed E-state index contributed by atoms with van der Waals surface area (Å²) in [7, 11) is 0. The molecule has 1 unspecified atom stereocenters. The molecule has 1 aromatic heterocycles. The lowest BCUT2D eigenvalue weighted by Gasteiger charge is -2.27. The van der Waals surface area contributed by atoms with Gasteiger partial charge in [-0.15, -0.1) is 11.3 Å². The first kappa shape index (κ1) is 16.4. The molecule has 0 amide bonds. The minimum atomic E-state index is -2.78. The molecule has 3 rings (SSSR count). The average Bonchev–Trinajstić information content (AvgIpc) is 3.22. The number of alkyl halides is 2. The van der Waals surface area contributed by atoms with Gasteiger partial charge in [0.2, 0.25) is 0 Å². The van der Waals surface area contributed by atoms with Crippen LogP contribution in [0.4, 0.5) is 8.78 Å². The number of nitroso groups, excluding NO2 is 1. The van der Waals surface area contributed by atoms with Crippen LogP contribution in [0, 0.1) is 4.91 Å². The standard InChI is InChI=1S/C14H14F2N6OS/c15-14(16)19-2-1-10(17)9-6-20-12(13-18-3-4-24-13)22-7-8(21-23)5-11(9)22/h1-4,8,14H,5-7,17H2. The number of thiazole rings is 1. The molecule has 126 valence electrons. The number of halogens is 2. The highest BCUT2D eigenvalue weighted by Gasteiger charge is 2.36. The van der Waals surface area contributed by atoms with Crippen molar-refractivity contribution in [3.05, 3.63) is 44.5 Å². The second-order valence-corrected chi connectivity index (χ2v) is 6.07. The second kappa shape index (κ2) is 6.95. The Balaban J connectivity index is 1.93. The molecule has 1 saturated heterocycles. The molecule has 2 aliphatic rings. The van der Waals surface area contributed by atoms with Crippen LogP contribution in [-0.4, -0.2) is 47.6 Å². The van der Waals surface area contributed by atoms with Crippen molar-refractivity contribution >= 4 is 23.4 Å². The SMILES string of the molecule is NC(=CC=NC(F)F)C1=C2CC(N=O)CN2C(c2nccs2)=NC1. The van der Waals surface area contributed by atoms with E-state index in [2.05, 4.69) is 20.1 Å².